The van der Waals surface area contributed by atoms with E-state index in [4.69, 9.17) is 22.6 Å². The van der Waals surface area contributed by atoms with E-state index in [0.717, 1.165) is 0 Å². The largest absolute Gasteiger partial charge is 0.401 e. The third kappa shape index (κ3) is 2.40. The van der Waals surface area contributed by atoms with Gasteiger partial charge in [-0.25, -0.2) is 10.8 Å². The Hall–Kier alpha value is -2.26. The molecule has 0 atom stereocenters. The van der Waals surface area contributed by atoms with Crippen molar-refractivity contribution in [1.29, 1.82) is 5.26 Å². The number of hydrogen-bond acceptors (Lipinski definition) is 6. The lowest BCUT2D eigenvalue weighted by Crippen LogP contribution is -2.27. The van der Waals surface area contributed by atoms with Gasteiger partial charge in [-0.1, -0.05) is 0 Å². The van der Waals surface area contributed by atoms with Crippen molar-refractivity contribution in [3.05, 3.63) is 29.2 Å². The summed E-state index contributed by atoms with van der Waals surface area (Å²) in [5.41, 5.74) is 13.0. The summed E-state index contributed by atoms with van der Waals surface area (Å²) in [6.07, 6.45) is 1.52. The Bertz CT molecular complexity index is 444. The van der Waals surface area contributed by atoms with Crippen LogP contribution >= 0.6 is 0 Å². The minimum absolute atomic E-state index is 0.350. The SMILES string of the molecule is C/C(N)=C/N(N)c1cc(N)c(C#N)c(C)n1. The summed E-state index contributed by atoms with van der Waals surface area (Å²) in [4.78, 5) is 4.16. The second-order valence-corrected chi connectivity index (χ2v) is 3.42. The lowest BCUT2D eigenvalue weighted by Gasteiger charge is -2.15. The zero-order chi connectivity index (χ0) is 12.3. The maximum absolute atomic E-state index is 8.83. The summed E-state index contributed by atoms with van der Waals surface area (Å²) in [6, 6.07) is 3.52. The lowest BCUT2D eigenvalue weighted by molar-refractivity contribution is 0.993. The normalized spacial score (nSPS) is 11.0. The minimum atomic E-state index is 0.350. The van der Waals surface area contributed by atoms with Gasteiger partial charge in [0.2, 0.25) is 0 Å². The Morgan fingerprint density at radius 2 is 2.25 bits per heavy atom. The molecule has 0 fully saturated rings. The standard InChI is InChI=1S/C10H14N6/c1-6(12)5-16(14)10-3-9(13)8(4-11)7(2)15-10/h3,5H,12,14H2,1-2H3,(H2,13,15)/b6-5-. The molecule has 6 nitrogen and oxygen atoms in total. The van der Waals surface area contributed by atoms with E-state index in [0.29, 0.717) is 28.5 Å². The second-order valence-electron chi connectivity index (χ2n) is 3.42. The van der Waals surface area contributed by atoms with Crippen LogP contribution in [0.1, 0.15) is 18.2 Å². The maximum atomic E-state index is 8.83. The number of nitrogens with two attached hydrogens (primary N) is 3. The summed E-state index contributed by atoms with van der Waals surface area (Å²) in [6.45, 7) is 3.41. The van der Waals surface area contributed by atoms with Crippen LogP contribution in [0, 0.1) is 18.3 Å². The number of nitrogen functional groups attached to an aromatic ring is 1. The first-order valence-electron chi connectivity index (χ1n) is 4.60. The summed E-state index contributed by atoms with van der Waals surface area (Å²) >= 11 is 0. The number of hydrogen-bond donors (Lipinski definition) is 3. The summed E-state index contributed by atoms with van der Waals surface area (Å²) in [5.74, 6) is 6.14. The van der Waals surface area contributed by atoms with Gasteiger partial charge in [0.25, 0.3) is 0 Å². The molecule has 6 N–H and O–H groups in total. The first-order valence-corrected chi connectivity index (χ1v) is 4.60. The summed E-state index contributed by atoms with van der Waals surface area (Å²) in [5, 5.41) is 10.1. The number of nitriles is 1. The van der Waals surface area contributed by atoms with E-state index in [1.54, 1.807) is 13.8 Å². The Balaban J connectivity index is 3.20. The van der Waals surface area contributed by atoms with Crippen molar-refractivity contribution in [3.8, 4) is 6.07 Å². The van der Waals surface area contributed by atoms with Crippen LogP contribution in [0.2, 0.25) is 0 Å². The van der Waals surface area contributed by atoms with Gasteiger partial charge in [-0.05, 0) is 13.8 Å². The highest BCUT2D eigenvalue weighted by molar-refractivity contribution is 5.62. The van der Waals surface area contributed by atoms with Gasteiger partial charge in [0.05, 0.1) is 16.9 Å². The van der Waals surface area contributed by atoms with Gasteiger partial charge in [0.1, 0.15) is 11.9 Å². The van der Waals surface area contributed by atoms with Gasteiger partial charge in [-0.15, -0.1) is 0 Å². The van der Waals surface area contributed by atoms with Crippen LogP contribution in [0.25, 0.3) is 0 Å². The van der Waals surface area contributed by atoms with E-state index < -0.39 is 0 Å². The number of rotatable bonds is 2. The number of allylic oxidation sites excluding steroid dienone is 1. The molecule has 0 aliphatic rings. The minimum Gasteiger partial charge on any atom is -0.401 e. The third-order valence-electron chi connectivity index (χ3n) is 1.94. The third-order valence-corrected chi connectivity index (χ3v) is 1.94. The van der Waals surface area contributed by atoms with Crippen molar-refractivity contribution in [1.82, 2.24) is 4.98 Å². The highest BCUT2D eigenvalue weighted by Gasteiger charge is 2.09. The second kappa shape index (κ2) is 4.51. The van der Waals surface area contributed by atoms with Gasteiger partial charge in [-0.3, -0.25) is 5.01 Å². The molecule has 0 aliphatic carbocycles. The molecule has 0 aliphatic heterocycles. The average molecular weight is 218 g/mol. The predicted molar refractivity (Wildman–Crippen MR) is 62.7 cm³/mol. The molecule has 1 aromatic heterocycles. The van der Waals surface area contributed by atoms with Gasteiger partial charge in [0, 0.05) is 18.0 Å². The van der Waals surface area contributed by atoms with Crippen LogP contribution in [0.3, 0.4) is 0 Å². The molecule has 0 saturated heterocycles. The number of nitrogens with zero attached hydrogens (tertiary/aromatic N) is 3. The summed E-state index contributed by atoms with van der Waals surface area (Å²) < 4.78 is 0. The van der Waals surface area contributed by atoms with Crippen LogP contribution in [0.15, 0.2) is 18.0 Å². The molecule has 0 saturated carbocycles. The molecule has 0 bridgehead atoms. The van der Waals surface area contributed by atoms with Crippen LogP contribution < -0.4 is 22.3 Å². The van der Waals surface area contributed by atoms with Crippen molar-refractivity contribution in [2.75, 3.05) is 10.7 Å². The van der Waals surface area contributed by atoms with Crippen LogP contribution in [0.4, 0.5) is 11.5 Å². The Morgan fingerprint density at radius 3 is 2.69 bits per heavy atom. The van der Waals surface area contributed by atoms with E-state index in [9.17, 15) is 0 Å². The quantitative estimate of drug-likeness (QED) is 0.486. The molecular formula is C10H14N6. The number of hydrazine groups is 1. The Morgan fingerprint density at radius 1 is 1.62 bits per heavy atom. The number of anilines is 2. The first-order chi connectivity index (χ1) is 7.45. The fourth-order valence-electron chi connectivity index (χ4n) is 1.24. The van der Waals surface area contributed by atoms with Gasteiger partial charge in [-0.2, -0.15) is 5.26 Å². The van der Waals surface area contributed by atoms with Gasteiger partial charge < -0.3 is 11.5 Å². The molecule has 16 heavy (non-hydrogen) atoms. The first kappa shape index (κ1) is 11.8. The van der Waals surface area contributed by atoms with Crippen molar-refractivity contribution < 1.29 is 0 Å². The van der Waals surface area contributed by atoms with E-state index in [2.05, 4.69) is 4.98 Å². The fraction of sp³-hybridized carbons (Fsp3) is 0.200. The molecule has 1 rings (SSSR count). The van der Waals surface area contributed by atoms with E-state index in [1.165, 1.54) is 17.3 Å². The van der Waals surface area contributed by atoms with Crippen LogP contribution in [-0.4, -0.2) is 4.98 Å². The molecule has 6 heteroatoms. The molecule has 0 aromatic carbocycles. The van der Waals surface area contributed by atoms with Crippen molar-refractivity contribution in [3.63, 3.8) is 0 Å². The molecule has 84 valence electrons. The molecule has 0 unspecified atom stereocenters. The lowest BCUT2D eigenvalue weighted by atomic mass is 10.2. The van der Waals surface area contributed by atoms with Crippen molar-refractivity contribution in [2.45, 2.75) is 13.8 Å². The average Bonchev–Trinajstić information content (AvgIpc) is 2.16. The maximum Gasteiger partial charge on any atom is 0.149 e. The zero-order valence-electron chi connectivity index (χ0n) is 9.23. The monoisotopic (exact) mass is 218 g/mol. The summed E-state index contributed by atoms with van der Waals surface area (Å²) in [7, 11) is 0. The van der Waals surface area contributed by atoms with Crippen LogP contribution in [0.5, 0.6) is 0 Å². The number of aryl methyl sites for hydroxylation is 1. The molecule has 1 heterocycles. The van der Waals surface area contributed by atoms with Crippen molar-refractivity contribution >= 4 is 11.5 Å². The van der Waals surface area contributed by atoms with Crippen LogP contribution in [-0.2, 0) is 0 Å². The Labute approximate surface area is 93.9 Å². The molecule has 0 radical (unpaired) electrons. The topological polar surface area (TPSA) is 118 Å². The predicted octanol–water partition coefficient (Wildman–Crippen LogP) is 0.344. The molecule has 1 aromatic rings. The van der Waals surface area contributed by atoms with E-state index in [1.807, 2.05) is 6.07 Å². The van der Waals surface area contributed by atoms with E-state index in [-0.39, 0.29) is 0 Å². The van der Waals surface area contributed by atoms with Gasteiger partial charge in [0.15, 0.2) is 0 Å². The fourth-order valence-corrected chi connectivity index (χ4v) is 1.24. The zero-order valence-corrected chi connectivity index (χ0v) is 9.23. The number of aromatic nitrogens is 1. The smallest absolute Gasteiger partial charge is 0.149 e. The number of pyridine rings is 1. The van der Waals surface area contributed by atoms with E-state index >= 15 is 0 Å². The van der Waals surface area contributed by atoms with Gasteiger partial charge >= 0.3 is 0 Å². The van der Waals surface area contributed by atoms with Crippen molar-refractivity contribution in [2.24, 2.45) is 11.6 Å². The molecule has 0 amide bonds. The molecular weight excluding hydrogens is 204 g/mol. The molecule has 0 spiro atoms. The highest BCUT2D eigenvalue weighted by Crippen LogP contribution is 2.19. The Kier molecular flexibility index (Phi) is 3.33. The highest BCUT2D eigenvalue weighted by atomic mass is 15.4.